The summed E-state index contributed by atoms with van der Waals surface area (Å²) in [4.78, 5) is 11.8. The number of benzene rings is 2. The zero-order chi connectivity index (χ0) is 15.2. The Hall–Kier alpha value is -3.07. The molecule has 2 N–H and O–H groups in total. The first-order chi connectivity index (χ1) is 10.1. The molecule has 21 heavy (non-hydrogen) atoms. The third kappa shape index (κ3) is 3.70. The van der Waals surface area contributed by atoms with Crippen LogP contribution in [-0.4, -0.2) is 13.1 Å². The van der Waals surface area contributed by atoms with Crippen LogP contribution in [0.1, 0.15) is 5.56 Å². The molecule has 2 amide bonds. The zero-order valence-corrected chi connectivity index (χ0v) is 11.2. The van der Waals surface area contributed by atoms with Crippen LogP contribution in [0.4, 0.5) is 20.6 Å². The Labute approximate surface area is 121 Å². The molecule has 0 saturated carbocycles. The van der Waals surface area contributed by atoms with Crippen molar-refractivity contribution in [3.63, 3.8) is 0 Å². The molecule has 6 heteroatoms. The van der Waals surface area contributed by atoms with Crippen LogP contribution < -0.4 is 15.4 Å². The first kappa shape index (κ1) is 14.3. The van der Waals surface area contributed by atoms with Crippen molar-refractivity contribution < 1.29 is 13.9 Å². The Bertz CT molecular complexity index is 693. The summed E-state index contributed by atoms with van der Waals surface area (Å²) in [6, 6.07) is 11.8. The van der Waals surface area contributed by atoms with Gasteiger partial charge in [0.05, 0.1) is 12.7 Å². The van der Waals surface area contributed by atoms with Crippen LogP contribution >= 0.6 is 0 Å². The lowest BCUT2D eigenvalue weighted by Gasteiger charge is -2.08. The van der Waals surface area contributed by atoms with E-state index in [9.17, 15) is 9.18 Å². The topological polar surface area (TPSA) is 74.2 Å². The molecule has 0 unspecified atom stereocenters. The fraction of sp³-hybridized carbons (Fsp3) is 0.0667. The van der Waals surface area contributed by atoms with Crippen molar-refractivity contribution in [2.24, 2.45) is 0 Å². The fourth-order valence-electron chi connectivity index (χ4n) is 1.66. The molecule has 0 spiro atoms. The van der Waals surface area contributed by atoms with E-state index in [4.69, 9.17) is 10.00 Å². The number of ether oxygens (including phenoxy) is 1. The van der Waals surface area contributed by atoms with Crippen LogP contribution in [0.25, 0.3) is 0 Å². The average Bonchev–Trinajstić information content (AvgIpc) is 2.50. The lowest BCUT2D eigenvalue weighted by molar-refractivity contribution is 0.262. The van der Waals surface area contributed by atoms with E-state index in [1.165, 1.54) is 12.1 Å². The number of hydrogen-bond acceptors (Lipinski definition) is 3. The second-order valence-electron chi connectivity index (χ2n) is 4.11. The lowest BCUT2D eigenvalue weighted by atomic mass is 10.2. The van der Waals surface area contributed by atoms with Gasteiger partial charge in [-0.25, -0.2) is 9.18 Å². The molecule has 2 rings (SSSR count). The second kappa shape index (κ2) is 6.39. The van der Waals surface area contributed by atoms with Crippen LogP contribution in [0.5, 0.6) is 5.75 Å². The molecule has 0 aliphatic rings. The minimum absolute atomic E-state index is 0.128. The number of nitriles is 1. The number of carbonyl (C=O) groups excluding carboxylic acids is 1. The summed E-state index contributed by atoms with van der Waals surface area (Å²) in [7, 11) is 1.55. The van der Waals surface area contributed by atoms with E-state index in [1.807, 2.05) is 0 Å². The van der Waals surface area contributed by atoms with Crippen molar-refractivity contribution in [3.05, 3.63) is 53.8 Å². The first-order valence-electron chi connectivity index (χ1n) is 6.04. The Morgan fingerprint density at radius 1 is 1.14 bits per heavy atom. The minimum atomic E-state index is -0.626. The number of urea groups is 1. The van der Waals surface area contributed by atoms with E-state index in [-0.39, 0.29) is 5.56 Å². The summed E-state index contributed by atoms with van der Waals surface area (Å²) >= 11 is 0. The van der Waals surface area contributed by atoms with Crippen LogP contribution in [0, 0.1) is 17.1 Å². The van der Waals surface area contributed by atoms with E-state index < -0.39 is 11.8 Å². The van der Waals surface area contributed by atoms with E-state index >= 15 is 0 Å². The molecule has 2 aromatic rings. The number of hydrogen-bond donors (Lipinski definition) is 2. The van der Waals surface area contributed by atoms with E-state index in [1.54, 1.807) is 37.4 Å². The van der Waals surface area contributed by atoms with Crippen molar-refractivity contribution in [2.45, 2.75) is 0 Å². The van der Waals surface area contributed by atoms with Gasteiger partial charge in [-0.1, -0.05) is 0 Å². The van der Waals surface area contributed by atoms with Gasteiger partial charge in [0.2, 0.25) is 0 Å². The molecule has 0 fully saturated rings. The third-order valence-corrected chi connectivity index (χ3v) is 2.69. The zero-order valence-electron chi connectivity index (χ0n) is 11.2. The van der Waals surface area contributed by atoms with Gasteiger partial charge >= 0.3 is 6.03 Å². The maximum absolute atomic E-state index is 13.2. The molecular weight excluding hydrogens is 273 g/mol. The Morgan fingerprint density at radius 2 is 1.76 bits per heavy atom. The molecule has 0 heterocycles. The molecule has 0 radical (unpaired) electrons. The van der Waals surface area contributed by atoms with Gasteiger partial charge in [-0.2, -0.15) is 5.26 Å². The maximum atomic E-state index is 13.2. The number of anilines is 2. The molecule has 0 atom stereocenters. The average molecular weight is 285 g/mol. The second-order valence-corrected chi connectivity index (χ2v) is 4.11. The van der Waals surface area contributed by atoms with Crippen LogP contribution in [0.2, 0.25) is 0 Å². The summed E-state index contributed by atoms with van der Waals surface area (Å²) in [6.45, 7) is 0. The van der Waals surface area contributed by atoms with Crippen molar-refractivity contribution in [1.82, 2.24) is 0 Å². The van der Waals surface area contributed by atoms with Gasteiger partial charge < -0.3 is 15.4 Å². The Morgan fingerprint density at radius 3 is 2.38 bits per heavy atom. The summed E-state index contributed by atoms with van der Waals surface area (Å²) in [5, 5.41) is 13.9. The van der Waals surface area contributed by atoms with Gasteiger partial charge in [0.1, 0.15) is 17.6 Å². The SMILES string of the molecule is COc1ccc(NC(=O)Nc2ccc(F)c(C#N)c2)cc1. The standard InChI is InChI=1S/C15H12FN3O2/c1-21-13-5-2-11(3-6-13)18-15(20)19-12-4-7-14(16)10(8-12)9-17/h2-8H,1H3,(H2,18,19,20). The molecule has 5 nitrogen and oxygen atoms in total. The lowest BCUT2D eigenvalue weighted by Crippen LogP contribution is -2.19. The number of halogens is 1. The minimum Gasteiger partial charge on any atom is -0.497 e. The van der Waals surface area contributed by atoms with Gasteiger partial charge in [0.25, 0.3) is 0 Å². The highest BCUT2D eigenvalue weighted by atomic mass is 19.1. The molecular formula is C15H12FN3O2. The van der Waals surface area contributed by atoms with Gasteiger partial charge in [-0.3, -0.25) is 0 Å². The van der Waals surface area contributed by atoms with Crippen LogP contribution in [0.15, 0.2) is 42.5 Å². The fourth-order valence-corrected chi connectivity index (χ4v) is 1.66. The number of carbonyl (C=O) groups is 1. The van der Waals surface area contributed by atoms with Crippen molar-refractivity contribution in [3.8, 4) is 11.8 Å². The van der Waals surface area contributed by atoms with Gasteiger partial charge in [-0.15, -0.1) is 0 Å². The number of rotatable bonds is 3. The van der Waals surface area contributed by atoms with Gasteiger partial charge in [0.15, 0.2) is 0 Å². The Balaban J connectivity index is 2.02. The first-order valence-corrected chi connectivity index (χ1v) is 6.04. The third-order valence-electron chi connectivity index (χ3n) is 2.69. The number of methoxy groups -OCH3 is 1. The molecule has 0 bridgehead atoms. The van der Waals surface area contributed by atoms with Gasteiger partial charge in [0, 0.05) is 11.4 Å². The largest absolute Gasteiger partial charge is 0.497 e. The maximum Gasteiger partial charge on any atom is 0.323 e. The normalized spacial score (nSPS) is 9.57. The van der Waals surface area contributed by atoms with E-state index in [0.717, 1.165) is 6.07 Å². The summed E-state index contributed by atoms with van der Waals surface area (Å²) < 4.78 is 18.2. The van der Waals surface area contributed by atoms with E-state index in [2.05, 4.69) is 10.6 Å². The predicted molar refractivity (Wildman–Crippen MR) is 76.8 cm³/mol. The molecule has 106 valence electrons. The number of amides is 2. The van der Waals surface area contributed by atoms with Crippen LogP contribution in [-0.2, 0) is 0 Å². The molecule has 0 aliphatic carbocycles. The van der Waals surface area contributed by atoms with Gasteiger partial charge in [-0.05, 0) is 42.5 Å². The number of nitrogens with zero attached hydrogens (tertiary/aromatic N) is 1. The van der Waals surface area contributed by atoms with Crippen molar-refractivity contribution in [2.75, 3.05) is 17.7 Å². The van der Waals surface area contributed by atoms with Crippen LogP contribution in [0.3, 0.4) is 0 Å². The molecule has 0 aromatic heterocycles. The quantitative estimate of drug-likeness (QED) is 0.908. The van der Waals surface area contributed by atoms with Crippen molar-refractivity contribution in [1.29, 1.82) is 5.26 Å². The summed E-state index contributed by atoms with van der Waals surface area (Å²) in [6.07, 6.45) is 0. The van der Waals surface area contributed by atoms with Crippen molar-refractivity contribution >= 4 is 17.4 Å². The molecule has 0 saturated heterocycles. The summed E-state index contributed by atoms with van der Waals surface area (Å²) in [5.41, 5.74) is 0.784. The highest BCUT2D eigenvalue weighted by Crippen LogP contribution is 2.17. The highest BCUT2D eigenvalue weighted by Gasteiger charge is 2.06. The predicted octanol–water partition coefficient (Wildman–Crippen LogP) is 3.35. The smallest absolute Gasteiger partial charge is 0.323 e. The van der Waals surface area contributed by atoms with E-state index in [0.29, 0.717) is 17.1 Å². The number of nitrogens with one attached hydrogen (secondary N) is 2. The highest BCUT2D eigenvalue weighted by molar-refractivity contribution is 5.99. The molecule has 2 aromatic carbocycles. The molecule has 0 aliphatic heterocycles. The Kier molecular flexibility index (Phi) is 4.36. The summed E-state index contributed by atoms with van der Waals surface area (Å²) in [5.74, 6) is 0.0526. The monoisotopic (exact) mass is 285 g/mol.